The van der Waals surface area contributed by atoms with Crippen LogP contribution in [0.25, 0.3) is 11.1 Å². The first-order chi connectivity index (χ1) is 13.8. The SMILES string of the molecule is CC(C)(C)C(CC=S)c1n[nH]c(Cc2ccc(-c3ccccc3C(=O)O)cc2)n1. The van der Waals surface area contributed by atoms with Gasteiger partial charge >= 0.3 is 5.97 Å². The molecule has 0 aliphatic heterocycles. The first-order valence-corrected chi connectivity index (χ1v) is 10.0. The predicted octanol–water partition coefficient (Wildman–Crippen LogP) is 5.28. The molecule has 0 saturated heterocycles. The molecule has 2 aromatic carbocycles. The van der Waals surface area contributed by atoms with Gasteiger partial charge in [0.1, 0.15) is 5.82 Å². The Balaban J connectivity index is 1.79. The Bertz CT molecular complexity index is 1000. The molecule has 3 rings (SSSR count). The number of nitrogens with zero attached hydrogens (tertiary/aromatic N) is 2. The van der Waals surface area contributed by atoms with Crippen molar-refractivity contribution < 1.29 is 9.90 Å². The summed E-state index contributed by atoms with van der Waals surface area (Å²) in [6.45, 7) is 6.50. The summed E-state index contributed by atoms with van der Waals surface area (Å²) in [5.74, 6) is 0.835. The number of carbonyl (C=O) groups is 1. The van der Waals surface area contributed by atoms with E-state index in [1.165, 1.54) is 0 Å². The summed E-state index contributed by atoms with van der Waals surface area (Å²) in [5, 5.41) is 18.6. The zero-order valence-electron chi connectivity index (χ0n) is 16.8. The van der Waals surface area contributed by atoms with Crippen LogP contribution in [0.4, 0.5) is 0 Å². The maximum atomic E-state index is 11.4. The molecular weight excluding hydrogens is 382 g/mol. The molecule has 1 aromatic heterocycles. The summed E-state index contributed by atoms with van der Waals surface area (Å²) in [7, 11) is 0. The number of carboxylic acid groups (broad SMARTS) is 1. The molecule has 1 atom stereocenters. The highest BCUT2D eigenvalue weighted by molar-refractivity contribution is 7.78. The molecule has 3 aromatic rings. The second-order valence-corrected chi connectivity index (χ2v) is 8.52. The Morgan fingerprint density at radius 3 is 2.48 bits per heavy atom. The average molecular weight is 408 g/mol. The van der Waals surface area contributed by atoms with Crippen molar-refractivity contribution in [2.24, 2.45) is 5.41 Å². The molecule has 1 heterocycles. The van der Waals surface area contributed by atoms with Gasteiger partial charge < -0.3 is 5.11 Å². The minimum atomic E-state index is -0.927. The number of carboxylic acids is 1. The van der Waals surface area contributed by atoms with Crippen molar-refractivity contribution in [3.63, 3.8) is 0 Å². The van der Waals surface area contributed by atoms with E-state index in [0.717, 1.165) is 29.2 Å². The summed E-state index contributed by atoms with van der Waals surface area (Å²) < 4.78 is 0. The lowest BCUT2D eigenvalue weighted by Gasteiger charge is -2.27. The van der Waals surface area contributed by atoms with Gasteiger partial charge in [0.05, 0.1) is 5.56 Å². The first-order valence-electron chi connectivity index (χ1n) is 9.56. The van der Waals surface area contributed by atoms with Crippen LogP contribution < -0.4 is 0 Å². The number of benzene rings is 2. The average Bonchev–Trinajstić information content (AvgIpc) is 3.13. The highest BCUT2D eigenvalue weighted by Crippen LogP contribution is 2.35. The second kappa shape index (κ2) is 8.66. The Labute approximate surface area is 176 Å². The smallest absolute Gasteiger partial charge is 0.336 e. The maximum absolute atomic E-state index is 11.4. The fourth-order valence-corrected chi connectivity index (χ4v) is 3.60. The van der Waals surface area contributed by atoms with Crippen molar-refractivity contribution in [3.8, 4) is 11.1 Å². The van der Waals surface area contributed by atoms with Crippen molar-refractivity contribution in [2.75, 3.05) is 0 Å². The molecule has 0 aliphatic carbocycles. The van der Waals surface area contributed by atoms with Crippen LogP contribution >= 0.6 is 12.2 Å². The second-order valence-electron chi connectivity index (χ2n) is 8.19. The molecule has 29 heavy (non-hydrogen) atoms. The van der Waals surface area contributed by atoms with Gasteiger partial charge in [-0.2, -0.15) is 5.10 Å². The van der Waals surface area contributed by atoms with Gasteiger partial charge in [-0.15, -0.1) is 0 Å². The fourth-order valence-electron chi connectivity index (χ4n) is 3.40. The summed E-state index contributed by atoms with van der Waals surface area (Å²) >= 11 is 5.06. The molecule has 1 unspecified atom stereocenters. The van der Waals surface area contributed by atoms with Gasteiger partial charge in [-0.25, -0.2) is 9.78 Å². The van der Waals surface area contributed by atoms with Gasteiger partial charge in [0.25, 0.3) is 0 Å². The zero-order valence-corrected chi connectivity index (χ0v) is 17.7. The number of rotatable bonds is 7. The normalized spacial score (nSPS) is 12.5. The van der Waals surface area contributed by atoms with Gasteiger partial charge in [-0.05, 0) is 40.0 Å². The van der Waals surface area contributed by atoms with Crippen LogP contribution in [0.1, 0.15) is 60.7 Å². The Kier molecular flexibility index (Phi) is 6.23. The van der Waals surface area contributed by atoms with Crippen LogP contribution in [0, 0.1) is 5.41 Å². The van der Waals surface area contributed by atoms with Crippen LogP contribution in [0.2, 0.25) is 0 Å². The minimum absolute atomic E-state index is 0.0218. The van der Waals surface area contributed by atoms with Gasteiger partial charge in [0.2, 0.25) is 0 Å². The van der Waals surface area contributed by atoms with Crippen LogP contribution in [-0.4, -0.2) is 31.6 Å². The molecule has 2 N–H and O–H groups in total. The van der Waals surface area contributed by atoms with Gasteiger partial charge in [-0.1, -0.05) is 75.5 Å². The largest absolute Gasteiger partial charge is 0.478 e. The molecule has 0 saturated carbocycles. The maximum Gasteiger partial charge on any atom is 0.336 e. The van der Waals surface area contributed by atoms with Crippen molar-refractivity contribution in [1.29, 1.82) is 0 Å². The van der Waals surface area contributed by atoms with E-state index in [2.05, 4.69) is 31.0 Å². The molecule has 0 aliphatic rings. The van der Waals surface area contributed by atoms with Gasteiger partial charge in [0.15, 0.2) is 5.82 Å². The van der Waals surface area contributed by atoms with Crippen molar-refractivity contribution in [3.05, 3.63) is 71.3 Å². The van der Waals surface area contributed by atoms with E-state index in [-0.39, 0.29) is 11.3 Å². The van der Waals surface area contributed by atoms with E-state index in [4.69, 9.17) is 17.2 Å². The highest BCUT2D eigenvalue weighted by atomic mass is 32.1. The van der Waals surface area contributed by atoms with E-state index in [9.17, 15) is 9.90 Å². The molecular formula is C23H25N3O2S. The third-order valence-electron chi connectivity index (χ3n) is 5.03. The summed E-state index contributed by atoms with van der Waals surface area (Å²) in [4.78, 5) is 16.1. The monoisotopic (exact) mass is 407 g/mol. The van der Waals surface area contributed by atoms with E-state index in [0.29, 0.717) is 17.5 Å². The lowest BCUT2D eigenvalue weighted by molar-refractivity contribution is 0.0697. The molecule has 5 nitrogen and oxygen atoms in total. The minimum Gasteiger partial charge on any atom is -0.478 e. The standard InChI is InChI=1S/C23H25N3O2S/c1-23(2,3)19(12-13-29)21-24-20(25-26-21)14-15-8-10-16(11-9-15)17-6-4-5-7-18(17)22(27)28/h4-11,13,19H,12,14H2,1-3H3,(H,27,28)(H,24,25,26). The van der Waals surface area contributed by atoms with E-state index in [1.807, 2.05) is 36.4 Å². The van der Waals surface area contributed by atoms with E-state index < -0.39 is 5.97 Å². The van der Waals surface area contributed by atoms with Crippen LogP contribution in [0.5, 0.6) is 0 Å². The highest BCUT2D eigenvalue weighted by Gasteiger charge is 2.28. The number of thiocarbonyl (C=S) groups is 1. The van der Waals surface area contributed by atoms with Gasteiger partial charge in [-0.3, -0.25) is 5.10 Å². The van der Waals surface area contributed by atoms with Crippen molar-refractivity contribution in [2.45, 2.75) is 39.5 Å². The van der Waals surface area contributed by atoms with Crippen molar-refractivity contribution in [1.82, 2.24) is 15.2 Å². The lowest BCUT2D eigenvalue weighted by Crippen LogP contribution is -2.20. The molecule has 0 fully saturated rings. The van der Waals surface area contributed by atoms with Crippen LogP contribution in [0.15, 0.2) is 48.5 Å². The van der Waals surface area contributed by atoms with Crippen molar-refractivity contribution >= 4 is 23.6 Å². The summed E-state index contributed by atoms with van der Waals surface area (Å²) in [6.07, 6.45) is 1.39. The van der Waals surface area contributed by atoms with E-state index >= 15 is 0 Å². The molecule has 150 valence electrons. The summed E-state index contributed by atoms with van der Waals surface area (Å²) in [6, 6.07) is 14.9. The Morgan fingerprint density at radius 2 is 1.86 bits per heavy atom. The lowest BCUT2D eigenvalue weighted by atomic mass is 9.78. The van der Waals surface area contributed by atoms with Crippen LogP contribution in [0.3, 0.4) is 0 Å². The Morgan fingerprint density at radius 1 is 1.17 bits per heavy atom. The van der Waals surface area contributed by atoms with Gasteiger partial charge in [0, 0.05) is 12.3 Å². The quantitative estimate of drug-likeness (QED) is 0.521. The zero-order chi connectivity index (χ0) is 21.0. The molecule has 0 radical (unpaired) electrons. The molecule has 0 bridgehead atoms. The third-order valence-corrected chi connectivity index (χ3v) is 5.22. The molecule has 6 heteroatoms. The number of hydrogen-bond donors (Lipinski definition) is 2. The number of H-pyrrole nitrogens is 1. The predicted molar refractivity (Wildman–Crippen MR) is 118 cm³/mol. The van der Waals surface area contributed by atoms with Crippen LogP contribution in [-0.2, 0) is 6.42 Å². The van der Waals surface area contributed by atoms with E-state index in [1.54, 1.807) is 17.5 Å². The third kappa shape index (κ3) is 4.95. The Hall–Kier alpha value is -2.86. The number of aromatic nitrogens is 3. The first kappa shape index (κ1) is 20.9. The number of nitrogens with one attached hydrogen (secondary N) is 1. The molecule has 0 amide bonds. The topological polar surface area (TPSA) is 78.9 Å². The number of hydrogen-bond acceptors (Lipinski definition) is 4. The molecule has 0 spiro atoms. The summed E-state index contributed by atoms with van der Waals surface area (Å²) in [5.41, 5.74) is 2.98. The number of aromatic amines is 1. The number of aromatic carboxylic acids is 1. The fraction of sp³-hybridized carbons (Fsp3) is 0.304.